The standard InChI is InChI=1S/C24H33N9O2S/c1-2-35-24(34)33-14-12-31(13-15-33)21-17-26-16-20(27-21)22(25)28-29-23(36)32-10-8-30(9-11-32)18-19-6-4-3-5-7-19/h3-7,16-17H,2,8-15,18H2,1H3,(H2,25,28)(H,29,36). The molecule has 2 aliphatic heterocycles. The van der Waals surface area contributed by atoms with Crippen LogP contribution in [0.25, 0.3) is 0 Å². The third-order valence-corrected chi connectivity index (χ3v) is 6.54. The highest BCUT2D eigenvalue weighted by molar-refractivity contribution is 7.80. The quantitative estimate of drug-likeness (QED) is 0.253. The average molecular weight is 512 g/mol. The number of aromatic nitrogens is 2. The van der Waals surface area contributed by atoms with Crippen molar-refractivity contribution < 1.29 is 9.53 Å². The van der Waals surface area contributed by atoms with E-state index in [1.54, 1.807) is 24.2 Å². The van der Waals surface area contributed by atoms with Crippen molar-refractivity contribution in [2.45, 2.75) is 13.5 Å². The maximum absolute atomic E-state index is 11.9. The number of nitrogens with one attached hydrogen (secondary N) is 1. The van der Waals surface area contributed by atoms with E-state index in [1.807, 2.05) is 6.07 Å². The van der Waals surface area contributed by atoms with Gasteiger partial charge in [-0.2, -0.15) is 5.10 Å². The maximum Gasteiger partial charge on any atom is 0.409 e. The van der Waals surface area contributed by atoms with Gasteiger partial charge < -0.3 is 25.2 Å². The predicted molar refractivity (Wildman–Crippen MR) is 143 cm³/mol. The molecule has 1 aromatic heterocycles. The van der Waals surface area contributed by atoms with Gasteiger partial charge in [0.05, 0.1) is 19.0 Å². The number of piperazine rings is 2. The highest BCUT2D eigenvalue weighted by atomic mass is 32.1. The van der Waals surface area contributed by atoms with Crippen LogP contribution in [0.15, 0.2) is 47.8 Å². The molecule has 12 heteroatoms. The number of thiocarbonyl (C=S) groups is 1. The molecule has 11 nitrogen and oxygen atoms in total. The molecule has 0 spiro atoms. The Balaban J connectivity index is 1.26. The number of carbonyl (C=O) groups excluding carboxylic acids is 1. The molecule has 2 aliphatic rings. The zero-order valence-electron chi connectivity index (χ0n) is 20.5. The van der Waals surface area contributed by atoms with Gasteiger partial charge in [0.15, 0.2) is 10.9 Å². The number of amides is 1. The maximum atomic E-state index is 11.9. The van der Waals surface area contributed by atoms with Gasteiger partial charge >= 0.3 is 6.09 Å². The Labute approximate surface area is 216 Å². The molecular weight excluding hydrogens is 478 g/mol. The van der Waals surface area contributed by atoms with E-state index in [0.717, 1.165) is 32.7 Å². The van der Waals surface area contributed by atoms with Crippen LogP contribution in [0.2, 0.25) is 0 Å². The molecule has 0 atom stereocenters. The molecule has 0 bridgehead atoms. The number of carbonyl (C=O) groups is 1. The second kappa shape index (κ2) is 12.5. The fourth-order valence-corrected chi connectivity index (χ4v) is 4.38. The summed E-state index contributed by atoms with van der Waals surface area (Å²) in [5.74, 6) is 0.894. The zero-order valence-corrected chi connectivity index (χ0v) is 21.4. The number of hydrogen-bond acceptors (Lipinski definition) is 8. The third kappa shape index (κ3) is 6.79. The molecule has 0 aliphatic carbocycles. The predicted octanol–water partition coefficient (Wildman–Crippen LogP) is 1.07. The summed E-state index contributed by atoms with van der Waals surface area (Å²) in [6, 6.07) is 10.5. The number of amidine groups is 1. The SMILES string of the molecule is CCOC(=O)N1CCN(c2cncc(/C(N)=N/NC(=S)N3CCN(Cc4ccccc4)CC3)n2)CC1. The van der Waals surface area contributed by atoms with E-state index in [1.165, 1.54) is 5.56 Å². The van der Waals surface area contributed by atoms with Gasteiger partial charge in [-0.05, 0) is 24.7 Å². The van der Waals surface area contributed by atoms with Crippen molar-refractivity contribution in [3.63, 3.8) is 0 Å². The monoisotopic (exact) mass is 511 g/mol. The number of ether oxygens (including phenoxy) is 1. The fourth-order valence-electron chi connectivity index (χ4n) is 4.15. The summed E-state index contributed by atoms with van der Waals surface area (Å²) in [4.78, 5) is 29.1. The highest BCUT2D eigenvalue weighted by Crippen LogP contribution is 2.14. The lowest BCUT2D eigenvalue weighted by atomic mass is 10.2. The molecule has 1 amide bonds. The Morgan fingerprint density at radius 2 is 1.75 bits per heavy atom. The minimum atomic E-state index is -0.284. The van der Waals surface area contributed by atoms with E-state index in [-0.39, 0.29) is 11.9 Å². The van der Waals surface area contributed by atoms with Crippen LogP contribution in [0.4, 0.5) is 10.6 Å². The molecule has 0 unspecified atom stereocenters. The van der Waals surface area contributed by atoms with Crippen LogP contribution in [-0.4, -0.2) is 101 Å². The lowest BCUT2D eigenvalue weighted by molar-refractivity contribution is 0.105. The molecular formula is C24H33N9O2S. The second-order valence-electron chi connectivity index (χ2n) is 8.60. The zero-order chi connectivity index (χ0) is 25.3. The molecule has 2 aromatic rings. The summed E-state index contributed by atoms with van der Waals surface area (Å²) in [5, 5.41) is 4.79. The molecule has 1 aromatic carbocycles. The fraction of sp³-hybridized carbons (Fsp3) is 0.458. The van der Waals surface area contributed by atoms with E-state index in [4.69, 9.17) is 22.7 Å². The molecule has 2 fully saturated rings. The van der Waals surface area contributed by atoms with Crippen molar-refractivity contribution in [1.29, 1.82) is 0 Å². The van der Waals surface area contributed by atoms with E-state index in [0.29, 0.717) is 49.4 Å². The van der Waals surface area contributed by atoms with Crippen LogP contribution in [0.5, 0.6) is 0 Å². The van der Waals surface area contributed by atoms with Gasteiger partial charge in [-0.25, -0.2) is 9.78 Å². The Kier molecular flexibility index (Phi) is 8.85. The van der Waals surface area contributed by atoms with Gasteiger partial charge in [0.1, 0.15) is 11.5 Å². The second-order valence-corrected chi connectivity index (χ2v) is 8.99. The molecule has 4 rings (SSSR count). The molecule has 3 heterocycles. The van der Waals surface area contributed by atoms with Crippen molar-refractivity contribution in [3.05, 3.63) is 54.0 Å². The summed E-state index contributed by atoms with van der Waals surface area (Å²) in [5.41, 5.74) is 10.9. The third-order valence-electron chi connectivity index (χ3n) is 6.19. The lowest BCUT2D eigenvalue weighted by Crippen LogP contribution is -2.50. The summed E-state index contributed by atoms with van der Waals surface area (Å²) < 4.78 is 5.08. The van der Waals surface area contributed by atoms with Gasteiger partial charge in [-0.1, -0.05) is 30.3 Å². The van der Waals surface area contributed by atoms with E-state index < -0.39 is 0 Å². The first kappa shape index (κ1) is 25.6. The minimum absolute atomic E-state index is 0.208. The van der Waals surface area contributed by atoms with E-state index in [9.17, 15) is 4.79 Å². The van der Waals surface area contributed by atoms with Crippen molar-refractivity contribution >= 4 is 35.1 Å². The molecule has 0 radical (unpaired) electrons. The summed E-state index contributed by atoms with van der Waals surface area (Å²) in [6.45, 7) is 8.97. The smallest absolute Gasteiger partial charge is 0.409 e. The van der Waals surface area contributed by atoms with E-state index in [2.05, 4.69) is 59.5 Å². The van der Waals surface area contributed by atoms with Crippen LogP contribution in [0, 0.1) is 0 Å². The average Bonchev–Trinajstić information content (AvgIpc) is 2.93. The van der Waals surface area contributed by atoms with Crippen LogP contribution in [0.3, 0.4) is 0 Å². The Hall–Kier alpha value is -3.51. The minimum Gasteiger partial charge on any atom is -0.450 e. The van der Waals surface area contributed by atoms with Gasteiger partial charge in [0, 0.05) is 58.9 Å². The van der Waals surface area contributed by atoms with Crippen molar-refractivity contribution in [1.82, 2.24) is 30.1 Å². The molecule has 36 heavy (non-hydrogen) atoms. The topological polar surface area (TPSA) is 115 Å². The molecule has 3 N–H and O–H groups in total. The normalized spacial score (nSPS) is 17.1. The number of anilines is 1. The van der Waals surface area contributed by atoms with Gasteiger partial charge in [0.25, 0.3) is 0 Å². The van der Waals surface area contributed by atoms with Crippen molar-refractivity contribution in [2.24, 2.45) is 10.8 Å². The van der Waals surface area contributed by atoms with Crippen LogP contribution >= 0.6 is 12.2 Å². The first-order chi connectivity index (χ1) is 17.5. The number of hydrogen-bond donors (Lipinski definition) is 2. The summed E-state index contributed by atoms with van der Waals surface area (Å²) >= 11 is 5.54. The van der Waals surface area contributed by atoms with Crippen LogP contribution in [0.1, 0.15) is 18.2 Å². The first-order valence-electron chi connectivity index (χ1n) is 12.2. The lowest BCUT2D eigenvalue weighted by Gasteiger charge is -2.35. The number of rotatable bonds is 6. The summed E-state index contributed by atoms with van der Waals surface area (Å²) in [7, 11) is 0. The number of nitrogens with zero attached hydrogens (tertiary/aromatic N) is 7. The first-order valence-corrected chi connectivity index (χ1v) is 12.6. The van der Waals surface area contributed by atoms with E-state index >= 15 is 0 Å². The Morgan fingerprint density at radius 3 is 2.44 bits per heavy atom. The Bertz CT molecular complexity index is 1050. The van der Waals surface area contributed by atoms with Crippen LogP contribution < -0.4 is 16.1 Å². The molecule has 192 valence electrons. The number of hydrazone groups is 1. The van der Waals surface area contributed by atoms with Gasteiger partial charge in [-0.3, -0.25) is 15.3 Å². The Morgan fingerprint density at radius 1 is 1.06 bits per heavy atom. The highest BCUT2D eigenvalue weighted by Gasteiger charge is 2.23. The van der Waals surface area contributed by atoms with Gasteiger partial charge in [-0.15, -0.1) is 0 Å². The number of nitrogens with two attached hydrogens (primary N) is 1. The van der Waals surface area contributed by atoms with Crippen LogP contribution in [-0.2, 0) is 11.3 Å². The van der Waals surface area contributed by atoms with Crippen molar-refractivity contribution in [3.8, 4) is 0 Å². The largest absolute Gasteiger partial charge is 0.450 e. The van der Waals surface area contributed by atoms with Crippen molar-refractivity contribution in [2.75, 3.05) is 63.9 Å². The molecule has 2 saturated heterocycles. The molecule has 0 saturated carbocycles. The van der Waals surface area contributed by atoms with Gasteiger partial charge in [0.2, 0.25) is 0 Å². The number of benzene rings is 1. The summed E-state index contributed by atoms with van der Waals surface area (Å²) in [6.07, 6.45) is 2.97.